The van der Waals surface area contributed by atoms with E-state index in [0.29, 0.717) is 36.7 Å². The van der Waals surface area contributed by atoms with Gasteiger partial charge < -0.3 is 10.1 Å². The predicted molar refractivity (Wildman–Crippen MR) is 110 cm³/mol. The number of rotatable bonds is 8. The third-order valence-corrected chi connectivity index (χ3v) is 4.41. The number of benzene rings is 2. The number of esters is 1. The molecule has 1 aromatic heterocycles. The average molecular weight is 393 g/mol. The van der Waals surface area contributed by atoms with Crippen LogP contribution in [0.1, 0.15) is 29.4 Å². The van der Waals surface area contributed by atoms with E-state index in [1.165, 1.54) is 4.68 Å². The zero-order valence-electron chi connectivity index (χ0n) is 16.3. The molecule has 1 N–H and O–H groups in total. The minimum Gasteiger partial charge on any atom is -0.451 e. The third-order valence-electron chi connectivity index (χ3n) is 4.41. The van der Waals surface area contributed by atoms with Gasteiger partial charge >= 0.3 is 5.97 Å². The Morgan fingerprint density at radius 3 is 2.45 bits per heavy atom. The van der Waals surface area contributed by atoms with Crippen LogP contribution in [0.15, 0.2) is 59.4 Å². The fourth-order valence-electron chi connectivity index (χ4n) is 2.99. The van der Waals surface area contributed by atoms with E-state index in [1.54, 1.807) is 24.3 Å². The van der Waals surface area contributed by atoms with E-state index < -0.39 is 12.6 Å². The summed E-state index contributed by atoms with van der Waals surface area (Å²) in [5.41, 5.74) is 0.891. The van der Waals surface area contributed by atoms with Gasteiger partial charge in [0.2, 0.25) is 0 Å². The quantitative estimate of drug-likeness (QED) is 0.593. The highest BCUT2D eigenvalue weighted by Gasteiger charge is 2.18. The highest BCUT2D eigenvalue weighted by atomic mass is 16.5. The molecule has 0 aliphatic carbocycles. The van der Waals surface area contributed by atoms with Crippen LogP contribution in [0.25, 0.3) is 10.8 Å². The summed E-state index contributed by atoms with van der Waals surface area (Å²) in [5, 5.41) is 7.71. The molecule has 0 saturated heterocycles. The van der Waals surface area contributed by atoms with Crippen molar-refractivity contribution in [2.75, 3.05) is 13.2 Å². The van der Waals surface area contributed by atoms with Crippen LogP contribution in [-0.2, 0) is 22.5 Å². The van der Waals surface area contributed by atoms with Gasteiger partial charge in [-0.05, 0) is 24.5 Å². The molecule has 0 spiro atoms. The summed E-state index contributed by atoms with van der Waals surface area (Å²) in [6.07, 6.45) is 1.39. The molecule has 1 amide bonds. The Hall–Kier alpha value is -3.48. The van der Waals surface area contributed by atoms with E-state index in [2.05, 4.69) is 10.4 Å². The Morgan fingerprint density at radius 1 is 1.03 bits per heavy atom. The molecule has 0 bridgehead atoms. The SMILES string of the molecule is CCCn1nc(C(=O)OCC(=O)NCCc2ccccc2)c2ccccc2c1=O. The first-order valence-corrected chi connectivity index (χ1v) is 9.57. The maximum Gasteiger partial charge on any atom is 0.359 e. The number of amides is 1. The first-order valence-electron chi connectivity index (χ1n) is 9.57. The lowest BCUT2D eigenvalue weighted by molar-refractivity contribution is -0.124. The summed E-state index contributed by atoms with van der Waals surface area (Å²) in [4.78, 5) is 37.0. The number of nitrogens with zero attached hydrogens (tertiary/aromatic N) is 2. The Labute approximate surface area is 168 Å². The molecule has 3 aromatic rings. The van der Waals surface area contributed by atoms with Crippen molar-refractivity contribution in [3.8, 4) is 0 Å². The van der Waals surface area contributed by atoms with Crippen LogP contribution in [0, 0.1) is 0 Å². The summed E-state index contributed by atoms with van der Waals surface area (Å²) in [6, 6.07) is 16.5. The van der Waals surface area contributed by atoms with Gasteiger partial charge in [0.1, 0.15) is 0 Å². The van der Waals surface area contributed by atoms with Crippen molar-refractivity contribution >= 4 is 22.6 Å². The second-order valence-electron chi connectivity index (χ2n) is 6.58. The molecular formula is C22H23N3O4. The maximum atomic E-state index is 12.5. The predicted octanol–water partition coefficient (Wildman–Crippen LogP) is 2.32. The lowest BCUT2D eigenvalue weighted by Crippen LogP contribution is -2.31. The molecule has 2 aromatic carbocycles. The number of aromatic nitrogens is 2. The average Bonchev–Trinajstić information content (AvgIpc) is 2.75. The van der Waals surface area contributed by atoms with Crippen molar-refractivity contribution in [1.29, 1.82) is 0 Å². The summed E-state index contributed by atoms with van der Waals surface area (Å²) in [7, 11) is 0. The van der Waals surface area contributed by atoms with Crippen LogP contribution >= 0.6 is 0 Å². The number of hydrogen-bond donors (Lipinski definition) is 1. The van der Waals surface area contributed by atoms with Crippen LogP contribution in [0.5, 0.6) is 0 Å². The number of aryl methyl sites for hydroxylation is 1. The second-order valence-corrected chi connectivity index (χ2v) is 6.58. The van der Waals surface area contributed by atoms with Crippen molar-refractivity contribution in [2.24, 2.45) is 0 Å². The highest BCUT2D eigenvalue weighted by molar-refractivity contribution is 6.02. The van der Waals surface area contributed by atoms with E-state index in [1.807, 2.05) is 37.3 Å². The molecule has 0 saturated carbocycles. The number of fused-ring (bicyclic) bond motifs is 1. The lowest BCUT2D eigenvalue weighted by atomic mass is 10.1. The molecule has 29 heavy (non-hydrogen) atoms. The number of nitrogens with one attached hydrogen (secondary N) is 1. The highest BCUT2D eigenvalue weighted by Crippen LogP contribution is 2.14. The van der Waals surface area contributed by atoms with Gasteiger partial charge in [0.25, 0.3) is 11.5 Å². The molecule has 0 atom stereocenters. The summed E-state index contributed by atoms with van der Waals surface area (Å²) in [6.45, 7) is 2.35. The zero-order valence-corrected chi connectivity index (χ0v) is 16.3. The fraction of sp³-hybridized carbons (Fsp3) is 0.273. The van der Waals surface area contributed by atoms with E-state index in [4.69, 9.17) is 4.74 Å². The summed E-state index contributed by atoms with van der Waals surface area (Å²) < 4.78 is 6.41. The van der Waals surface area contributed by atoms with Crippen molar-refractivity contribution in [3.63, 3.8) is 0 Å². The van der Waals surface area contributed by atoms with Crippen LogP contribution in [0.2, 0.25) is 0 Å². The van der Waals surface area contributed by atoms with Crippen LogP contribution < -0.4 is 10.9 Å². The van der Waals surface area contributed by atoms with Gasteiger partial charge in [-0.3, -0.25) is 9.59 Å². The molecule has 150 valence electrons. The van der Waals surface area contributed by atoms with Gasteiger partial charge in [0, 0.05) is 18.5 Å². The maximum absolute atomic E-state index is 12.5. The largest absolute Gasteiger partial charge is 0.451 e. The Balaban J connectivity index is 1.64. The normalized spacial score (nSPS) is 10.7. The molecule has 0 unspecified atom stereocenters. The zero-order chi connectivity index (χ0) is 20.6. The number of carbonyl (C=O) groups excluding carboxylic acids is 2. The van der Waals surface area contributed by atoms with Gasteiger partial charge in [-0.2, -0.15) is 5.10 Å². The molecule has 0 fully saturated rings. The third kappa shape index (κ3) is 5.07. The van der Waals surface area contributed by atoms with Gasteiger partial charge in [-0.15, -0.1) is 0 Å². The van der Waals surface area contributed by atoms with Crippen LogP contribution in [0.4, 0.5) is 0 Å². The monoisotopic (exact) mass is 393 g/mol. The first kappa shape index (κ1) is 20.3. The minimum absolute atomic E-state index is 0.0331. The van der Waals surface area contributed by atoms with Gasteiger partial charge in [-0.25, -0.2) is 9.48 Å². The molecular weight excluding hydrogens is 370 g/mol. The van der Waals surface area contributed by atoms with Crippen molar-refractivity contribution < 1.29 is 14.3 Å². The Bertz CT molecular complexity index is 1060. The topological polar surface area (TPSA) is 90.3 Å². The standard InChI is InChI=1S/C22H23N3O4/c1-2-14-25-21(27)18-11-7-6-10-17(18)20(24-25)22(28)29-15-19(26)23-13-12-16-8-4-3-5-9-16/h3-11H,2,12-15H2,1H3,(H,23,26). The Kier molecular flexibility index (Phi) is 6.73. The first-order chi connectivity index (χ1) is 14.1. The van der Waals surface area contributed by atoms with Crippen LogP contribution in [0.3, 0.4) is 0 Å². The molecule has 0 aliphatic heterocycles. The molecule has 7 nitrogen and oxygen atoms in total. The minimum atomic E-state index is -0.732. The van der Waals surface area contributed by atoms with Crippen molar-refractivity contribution in [2.45, 2.75) is 26.3 Å². The molecule has 0 aliphatic rings. The van der Waals surface area contributed by atoms with E-state index in [-0.39, 0.29) is 17.2 Å². The number of carbonyl (C=O) groups is 2. The Morgan fingerprint density at radius 2 is 1.72 bits per heavy atom. The van der Waals surface area contributed by atoms with E-state index >= 15 is 0 Å². The van der Waals surface area contributed by atoms with E-state index in [9.17, 15) is 14.4 Å². The number of ether oxygens (including phenoxy) is 1. The smallest absolute Gasteiger partial charge is 0.359 e. The van der Waals surface area contributed by atoms with Gasteiger partial charge in [0.15, 0.2) is 12.3 Å². The van der Waals surface area contributed by atoms with Crippen molar-refractivity contribution in [1.82, 2.24) is 15.1 Å². The summed E-state index contributed by atoms with van der Waals surface area (Å²) >= 11 is 0. The molecule has 7 heteroatoms. The summed E-state index contributed by atoms with van der Waals surface area (Å²) in [5.74, 6) is -1.12. The van der Waals surface area contributed by atoms with Crippen molar-refractivity contribution in [3.05, 3.63) is 76.2 Å². The van der Waals surface area contributed by atoms with Crippen LogP contribution in [-0.4, -0.2) is 34.8 Å². The lowest BCUT2D eigenvalue weighted by Gasteiger charge is -2.10. The molecule has 3 rings (SSSR count). The molecule has 1 heterocycles. The second kappa shape index (κ2) is 9.64. The van der Waals surface area contributed by atoms with Gasteiger partial charge in [0.05, 0.1) is 5.39 Å². The fourth-order valence-corrected chi connectivity index (χ4v) is 2.99. The molecule has 0 radical (unpaired) electrons. The van der Waals surface area contributed by atoms with Gasteiger partial charge in [-0.1, -0.05) is 55.5 Å². The number of hydrogen-bond acceptors (Lipinski definition) is 5. The van der Waals surface area contributed by atoms with E-state index in [0.717, 1.165) is 5.56 Å².